The van der Waals surface area contributed by atoms with Crippen molar-refractivity contribution in [1.29, 1.82) is 0 Å². The van der Waals surface area contributed by atoms with E-state index in [-0.39, 0.29) is 22.9 Å². The van der Waals surface area contributed by atoms with E-state index in [0.717, 1.165) is 6.92 Å². The number of rotatable bonds is 13. The number of nitrogens with one attached hydrogen (secondary N) is 2. The van der Waals surface area contributed by atoms with Crippen molar-refractivity contribution < 1.29 is 63.4 Å². The lowest BCUT2D eigenvalue weighted by molar-refractivity contribution is -0.141. The summed E-state index contributed by atoms with van der Waals surface area (Å²) < 4.78 is 125. The number of alkyl halides is 3. The average molecular weight is 633 g/mol. The second kappa shape index (κ2) is 13.2. The molecule has 0 spiro atoms. The first kappa shape index (κ1) is 34.0. The van der Waals surface area contributed by atoms with Gasteiger partial charge in [-0.1, -0.05) is 6.92 Å². The van der Waals surface area contributed by atoms with Crippen molar-refractivity contribution in [3.05, 3.63) is 57.5 Å². The molecule has 0 saturated carbocycles. The molecule has 1 aromatic carbocycles. The predicted molar refractivity (Wildman–Crippen MR) is 129 cm³/mol. The SMILES string of the molecule is CC[C@H](C(=O)NC(CC(=O)O)C(=O)COc1c(F)c(F)cc(F)c1F)n1cc(C(F)(F)F)cc(NS(=O)(=O)CC)c1=O. The topological polar surface area (TPSA) is 161 Å². The highest BCUT2D eigenvalue weighted by atomic mass is 32.2. The number of sulfonamides is 1. The molecule has 2 aromatic rings. The van der Waals surface area contributed by atoms with Gasteiger partial charge in [0.2, 0.25) is 27.6 Å². The summed E-state index contributed by atoms with van der Waals surface area (Å²) in [6.07, 6.45) is -6.57. The summed E-state index contributed by atoms with van der Waals surface area (Å²) in [7, 11) is -4.27. The summed E-state index contributed by atoms with van der Waals surface area (Å²) in [5.74, 6) is -14.6. The molecule has 1 heterocycles. The van der Waals surface area contributed by atoms with E-state index < -0.39 is 117 Å². The zero-order chi connectivity index (χ0) is 32.2. The Morgan fingerprint density at radius 3 is 2.10 bits per heavy atom. The summed E-state index contributed by atoms with van der Waals surface area (Å²) in [6.45, 7) is 0.917. The van der Waals surface area contributed by atoms with E-state index in [1.54, 1.807) is 4.72 Å². The number of carboxylic acid groups (broad SMARTS) is 1. The molecule has 232 valence electrons. The molecule has 0 radical (unpaired) electrons. The fraction of sp³-hybridized carbons (Fsp3) is 0.391. The Labute approximate surface area is 232 Å². The third-order valence-electron chi connectivity index (χ3n) is 5.56. The molecule has 3 N–H and O–H groups in total. The number of aliphatic carboxylic acids is 1. The maximum atomic E-state index is 13.8. The van der Waals surface area contributed by atoms with Crippen molar-refractivity contribution in [1.82, 2.24) is 9.88 Å². The van der Waals surface area contributed by atoms with Gasteiger partial charge in [0.05, 0.1) is 17.7 Å². The predicted octanol–water partition coefficient (Wildman–Crippen LogP) is 2.74. The summed E-state index contributed by atoms with van der Waals surface area (Å²) in [6, 6.07) is -3.89. The fourth-order valence-electron chi connectivity index (χ4n) is 3.42. The van der Waals surface area contributed by atoms with Crippen molar-refractivity contribution >= 4 is 33.4 Å². The smallest absolute Gasteiger partial charge is 0.417 e. The average Bonchev–Trinajstić information content (AvgIpc) is 2.88. The number of anilines is 1. The van der Waals surface area contributed by atoms with Crippen LogP contribution in [0.4, 0.5) is 36.4 Å². The minimum absolute atomic E-state index is 0.147. The third kappa shape index (κ3) is 8.20. The van der Waals surface area contributed by atoms with E-state index in [0.29, 0.717) is 0 Å². The largest absolute Gasteiger partial charge is 0.481 e. The quantitative estimate of drug-likeness (QED) is 0.224. The molecular weight excluding hydrogens is 611 g/mol. The first-order valence-electron chi connectivity index (χ1n) is 11.7. The lowest BCUT2D eigenvalue weighted by Crippen LogP contribution is -2.48. The van der Waals surface area contributed by atoms with Crippen LogP contribution in [0.3, 0.4) is 0 Å². The Kier molecular flexibility index (Phi) is 10.7. The highest BCUT2D eigenvalue weighted by Gasteiger charge is 2.35. The standard InChI is InChI=1S/C23H22F7N3O8S/c1-3-15(33-8-10(23(28,29)30)5-14(22(33)38)32-42(39,40)4-2)21(37)31-13(7-17(35)36)16(34)9-41-20-18(26)11(24)6-12(25)19(20)27/h5-6,8,13,15,32H,3-4,7,9H2,1-2H3,(H,31,37)(H,35,36)/t13?,15-/m1/s1. The van der Waals surface area contributed by atoms with Gasteiger partial charge in [0.15, 0.2) is 23.2 Å². The van der Waals surface area contributed by atoms with Gasteiger partial charge in [-0.3, -0.25) is 23.9 Å². The van der Waals surface area contributed by atoms with Gasteiger partial charge in [-0.25, -0.2) is 17.2 Å². The molecule has 2 rings (SSSR count). The highest BCUT2D eigenvalue weighted by Crippen LogP contribution is 2.31. The molecule has 1 unspecified atom stereocenters. The molecule has 2 atom stereocenters. The normalized spacial score (nSPS) is 13.3. The van der Waals surface area contributed by atoms with E-state index >= 15 is 0 Å². The van der Waals surface area contributed by atoms with Gasteiger partial charge < -0.3 is 19.7 Å². The highest BCUT2D eigenvalue weighted by molar-refractivity contribution is 7.92. The molecule has 1 aromatic heterocycles. The van der Waals surface area contributed by atoms with Crippen LogP contribution in [0.2, 0.25) is 0 Å². The second-order valence-corrected chi connectivity index (χ2v) is 10.5. The van der Waals surface area contributed by atoms with Crippen LogP contribution in [0.5, 0.6) is 5.75 Å². The maximum absolute atomic E-state index is 13.8. The monoisotopic (exact) mass is 633 g/mol. The molecule has 11 nitrogen and oxygen atoms in total. The zero-order valence-electron chi connectivity index (χ0n) is 21.5. The number of hydrogen-bond acceptors (Lipinski definition) is 7. The summed E-state index contributed by atoms with van der Waals surface area (Å²) in [4.78, 5) is 49.8. The van der Waals surface area contributed by atoms with Crippen molar-refractivity contribution in [2.24, 2.45) is 0 Å². The number of pyridine rings is 1. The molecule has 42 heavy (non-hydrogen) atoms. The number of carboxylic acids is 1. The Hall–Kier alpha value is -4.16. The lowest BCUT2D eigenvalue weighted by atomic mass is 10.1. The molecule has 0 saturated heterocycles. The van der Waals surface area contributed by atoms with Gasteiger partial charge in [-0.05, 0) is 19.4 Å². The van der Waals surface area contributed by atoms with Gasteiger partial charge in [-0.15, -0.1) is 0 Å². The van der Waals surface area contributed by atoms with Gasteiger partial charge in [0.1, 0.15) is 24.4 Å². The van der Waals surface area contributed by atoms with Crippen molar-refractivity contribution in [2.45, 2.75) is 44.9 Å². The van der Waals surface area contributed by atoms with Crippen LogP contribution >= 0.6 is 0 Å². The fourth-order valence-corrected chi connectivity index (χ4v) is 4.05. The number of halogens is 7. The molecule has 0 aliphatic carbocycles. The van der Waals surface area contributed by atoms with Crippen LogP contribution in [-0.4, -0.2) is 54.2 Å². The Bertz CT molecular complexity index is 1520. The van der Waals surface area contributed by atoms with E-state index in [4.69, 9.17) is 5.11 Å². The van der Waals surface area contributed by atoms with Gasteiger partial charge in [0.25, 0.3) is 5.56 Å². The third-order valence-corrected chi connectivity index (χ3v) is 6.85. The first-order valence-corrected chi connectivity index (χ1v) is 13.3. The Balaban J connectivity index is 2.44. The van der Waals surface area contributed by atoms with Crippen LogP contribution < -0.4 is 20.3 Å². The number of hydrogen-bond donors (Lipinski definition) is 3. The summed E-state index contributed by atoms with van der Waals surface area (Å²) in [5.41, 5.74) is -4.00. The summed E-state index contributed by atoms with van der Waals surface area (Å²) >= 11 is 0. The number of nitrogens with zero attached hydrogens (tertiary/aromatic N) is 1. The minimum atomic E-state index is -5.13. The van der Waals surface area contributed by atoms with Gasteiger partial charge in [-0.2, -0.15) is 22.0 Å². The molecular formula is C23H22F7N3O8S. The van der Waals surface area contributed by atoms with Crippen LogP contribution in [0, 0.1) is 23.3 Å². The van der Waals surface area contributed by atoms with E-state index in [1.165, 1.54) is 6.92 Å². The molecule has 0 bridgehead atoms. The van der Waals surface area contributed by atoms with Crippen LogP contribution in [0.15, 0.2) is 23.1 Å². The molecule has 0 aliphatic heterocycles. The van der Waals surface area contributed by atoms with Crippen molar-refractivity contribution in [3.63, 3.8) is 0 Å². The van der Waals surface area contributed by atoms with Crippen LogP contribution in [-0.2, 0) is 30.6 Å². The second-order valence-electron chi connectivity index (χ2n) is 8.49. The number of aromatic nitrogens is 1. The number of carbonyl (C=O) groups is 3. The first-order chi connectivity index (χ1) is 19.3. The van der Waals surface area contributed by atoms with Gasteiger partial charge >= 0.3 is 12.1 Å². The number of carbonyl (C=O) groups excluding carboxylic acids is 2. The van der Waals surface area contributed by atoms with Crippen LogP contribution in [0.1, 0.15) is 38.3 Å². The van der Waals surface area contributed by atoms with E-state index in [2.05, 4.69) is 4.74 Å². The maximum Gasteiger partial charge on any atom is 0.417 e. The summed E-state index contributed by atoms with van der Waals surface area (Å²) in [5, 5.41) is 11.0. The Morgan fingerprint density at radius 2 is 1.62 bits per heavy atom. The number of ketones is 1. The molecule has 0 aliphatic rings. The van der Waals surface area contributed by atoms with Crippen molar-refractivity contribution in [2.75, 3.05) is 17.1 Å². The van der Waals surface area contributed by atoms with Crippen molar-refractivity contribution in [3.8, 4) is 5.75 Å². The number of amides is 1. The lowest BCUT2D eigenvalue weighted by Gasteiger charge is -2.23. The molecule has 0 fully saturated rings. The van der Waals surface area contributed by atoms with E-state index in [9.17, 15) is 58.3 Å². The van der Waals surface area contributed by atoms with E-state index in [1.807, 2.05) is 5.32 Å². The molecule has 19 heteroatoms. The number of Topliss-reactive ketones (excluding diaryl/α,β-unsaturated/α-hetero) is 1. The Morgan fingerprint density at radius 1 is 1.05 bits per heavy atom. The molecule has 1 amide bonds. The zero-order valence-corrected chi connectivity index (χ0v) is 22.3. The van der Waals surface area contributed by atoms with Gasteiger partial charge in [0, 0.05) is 12.3 Å². The minimum Gasteiger partial charge on any atom is -0.481 e. The van der Waals surface area contributed by atoms with Crippen LogP contribution in [0.25, 0.3) is 0 Å². The number of benzene rings is 1. The number of ether oxygens (including phenoxy) is 1.